The van der Waals surface area contributed by atoms with E-state index in [0.29, 0.717) is 17.5 Å². The highest BCUT2D eigenvalue weighted by atomic mass is 19.3. The number of nitrogens with one attached hydrogen (secondary N) is 1. The summed E-state index contributed by atoms with van der Waals surface area (Å²) in [6, 6.07) is 10.1. The van der Waals surface area contributed by atoms with Crippen LogP contribution in [-0.4, -0.2) is 37.7 Å². The molecule has 1 aliphatic heterocycles. The van der Waals surface area contributed by atoms with E-state index in [9.17, 15) is 8.78 Å². The number of halogens is 2. The standard InChI is InChI=1S/C21H18F2N6O3/c1-12-10-29(11-24-12)15-8-7-13(9-17(15)30-3)19-26-20(28(2)27-19)25-14-5-4-6-16-18(14)32-21(22,23)31-16/h4-11H,1-3H3,(H,25,26,27). The molecule has 2 aromatic carbocycles. The first kappa shape index (κ1) is 19.8. The van der Waals surface area contributed by atoms with Crippen molar-refractivity contribution < 1.29 is 23.0 Å². The van der Waals surface area contributed by atoms with Crippen LogP contribution in [0.15, 0.2) is 48.9 Å². The molecule has 5 rings (SSSR count). The van der Waals surface area contributed by atoms with Gasteiger partial charge in [-0.1, -0.05) is 6.07 Å². The van der Waals surface area contributed by atoms with Crippen molar-refractivity contribution in [1.82, 2.24) is 24.3 Å². The number of aromatic nitrogens is 5. The number of hydrogen-bond acceptors (Lipinski definition) is 7. The Morgan fingerprint density at radius 1 is 1.16 bits per heavy atom. The summed E-state index contributed by atoms with van der Waals surface area (Å²) in [5.74, 6) is 1.23. The molecule has 0 fully saturated rings. The fourth-order valence-corrected chi connectivity index (χ4v) is 3.39. The van der Waals surface area contributed by atoms with E-state index in [4.69, 9.17) is 4.74 Å². The van der Waals surface area contributed by atoms with E-state index >= 15 is 0 Å². The minimum absolute atomic E-state index is 0.0579. The average Bonchev–Trinajstić information content (AvgIpc) is 3.44. The minimum atomic E-state index is -3.71. The molecular formula is C21H18F2N6O3. The summed E-state index contributed by atoms with van der Waals surface area (Å²) in [4.78, 5) is 8.74. The summed E-state index contributed by atoms with van der Waals surface area (Å²) in [7, 11) is 3.27. The summed E-state index contributed by atoms with van der Waals surface area (Å²) < 4.78 is 45.0. The third-order valence-electron chi connectivity index (χ3n) is 4.87. The molecule has 0 spiro atoms. The number of nitrogens with zero attached hydrogens (tertiary/aromatic N) is 5. The Bertz CT molecular complexity index is 1320. The van der Waals surface area contributed by atoms with Gasteiger partial charge in [0.15, 0.2) is 17.3 Å². The Hall–Kier alpha value is -4.15. The SMILES string of the molecule is COc1cc(-c2nc(Nc3cccc4c3OC(F)(F)O4)n(C)n2)ccc1-n1cnc(C)c1. The number of fused-ring (bicyclic) bond motifs is 1. The van der Waals surface area contributed by atoms with Crippen LogP contribution in [0.4, 0.5) is 20.4 Å². The summed E-state index contributed by atoms with van der Waals surface area (Å²) >= 11 is 0. The van der Waals surface area contributed by atoms with Crippen LogP contribution in [0.25, 0.3) is 17.1 Å². The molecule has 0 unspecified atom stereocenters. The highest BCUT2D eigenvalue weighted by Crippen LogP contribution is 2.46. The lowest BCUT2D eigenvalue weighted by atomic mass is 10.1. The van der Waals surface area contributed by atoms with E-state index in [1.165, 1.54) is 10.7 Å². The van der Waals surface area contributed by atoms with E-state index in [2.05, 4.69) is 29.9 Å². The van der Waals surface area contributed by atoms with Crippen LogP contribution in [0.3, 0.4) is 0 Å². The predicted molar refractivity (Wildman–Crippen MR) is 111 cm³/mol. The van der Waals surface area contributed by atoms with Crippen molar-refractivity contribution >= 4 is 11.6 Å². The maximum Gasteiger partial charge on any atom is 0.586 e. The maximum absolute atomic E-state index is 13.5. The van der Waals surface area contributed by atoms with Crippen molar-refractivity contribution in [2.24, 2.45) is 7.05 Å². The molecule has 0 saturated carbocycles. The summed E-state index contributed by atoms with van der Waals surface area (Å²) in [5.41, 5.74) is 2.71. The molecule has 32 heavy (non-hydrogen) atoms. The lowest BCUT2D eigenvalue weighted by molar-refractivity contribution is -0.286. The Morgan fingerprint density at radius 3 is 2.75 bits per heavy atom. The van der Waals surface area contributed by atoms with E-state index in [-0.39, 0.29) is 17.2 Å². The van der Waals surface area contributed by atoms with Crippen LogP contribution in [-0.2, 0) is 7.05 Å². The van der Waals surface area contributed by atoms with Crippen LogP contribution in [0.5, 0.6) is 17.2 Å². The molecule has 0 amide bonds. The van der Waals surface area contributed by atoms with Crippen molar-refractivity contribution in [1.29, 1.82) is 0 Å². The normalized spacial score (nSPS) is 13.9. The monoisotopic (exact) mass is 440 g/mol. The molecule has 9 nitrogen and oxygen atoms in total. The van der Waals surface area contributed by atoms with Gasteiger partial charge < -0.3 is 24.1 Å². The van der Waals surface area contributed by atoms with Gasteiger partial charge in [0.25, 0.3) is 0 Å². The van der Waals surface area contributed by atoms with Crippen molar-refractivity contribution in [3.63, 3.8) is 0 Å². The second-order valence-electron chi connectivity index (χ2n) is 7.12. The van der Waals surface area contributed by atoms with Crippen LogP contribution in [0.1, 0.15) is 5.69 Å². The molecule has 0 aliphatic carbocycles. The van der Waals surface area contributed by atoms with Gasteiger partial charge in [0.05, 0.1) is 30.5 Å². The van der Waals surface area contributed by atoms with Crippen molar-refractivity contribution in [2.75, 3.05) is 12.4 Å². The summed E-state index contributed by atoms with van der Waals surface area (Å²) in [5, 5.41) is 7.41. The second kappa shape index (κ2) is 7.22. The van der Waals surface area contributed by atoms with Gasteiger partial charge in [0.1, 0.15) is 5.75 Å². The first-order valence-corrected chi connectivity index (χ1v) is 9.59. The first-order valence-electron chi connectivity index (χ1n) is 9.59. The number of para-hydroxylation sites is 1. The lowest BCUT2D eigenvalue weighted by Gasteiger charge is -2.10. The number of anilines is 2. The Balaban J connectivity index is 1.45. The molecule has 2 aromatic heterocycles. The quantitative estimate of drug-likeness (QED) is 0.501. The predicted octanol–water partition coefficient (Wildman–Crippen LogP) is 4.05. The number of hydrogen-bond donors (Lipinski definition) is 1. The molecule has 4 aromatic rings. The van der Waals surface area contributed by atoms with Gasteiger partial charge >= 0.3 is 6.29 Å². The molecular weight excluding hydrogens is 422 g/mol. The van der Waals surface area contributed by atoms with Crippen LogP contribution >= 0.6 is 0 Å². The zero-order chi connectivity index (χ0) is 22.5. The number of rotatable bonds is 5. The molecule has 0 bridgehead atoms. The largest absolute Gasteiger partial charge is 0.586 e. The Kier molecular flexibility index (Phi) is 4.47. The average molecular weight is 440 g/mol. The Labute approximate surface area is 181 Å². The fourth-order valence-electron chi connectivity index (χ4n) is 3.39. The highest BCUT2D eigenvalue weighted by molar-refractivity contribution is 5.70. The molecule has 0 atom stereocenters. The minimum Gasteiger partial charge on any atom is -0.495 e. The van der Waals surface area contributed by atoms with Gasteiger partial charge in [-0.3, -0.25) is 0 Å². The molecule has 164 valence electrons. The van der Waals surface area contributed by atoms with Crippen molar-refractivity contribution in [2.45, 2.75) is 13.2 Å². The van der Waals surface area contributed by atoms with Crippen molar-refractivity contribution in [3.8, 4) is 34.3 Å². The smallest absolute Gasteiger partial charge is 0.495 e. The van der Waals surface area contributed by atoms with Gasteiger partial charge in [-0.15, -0.1) is 13.9 Å². The fraction of sp³-hybridized carbons (Fsp3) is 0.190. The number of benzene rings is 2. The van der Waals surface area contributed by atoms with E-state index in [1.807, 2.05) is 35.9 Å². The number of alkyl halides is 2. The highest BCUT2D eigenvalue weighted by Gasteiger charge is 2.44. The van der Waals surface area contributed by atoms with E-state index < -0.39 is 6.29 Å². The van der Waals surface area contributed by atoms with Gasteiger partial charge in [-0.05, 0) is 37.3 Å². The lowest BCUT2D eigenvalue weighted by Crippen LogP contribution is -2.26. The van der Waals surface area contributed by atoms with Gasteiger partial charge in [-0.2, -0.15) is 4.98 Å². The summed E-state index contributed by atoms with van der Waals surface area (Å²) in [6.45, 7) is 1.91. The zero-order valence-electron chi connectivity index (χ0n) is 17.3. The van der Waals surface area contributed by atoms with Crippen LogP contribution < -0.4 is 19.5 Å². The van der Waals surface area contributed by atoms with Crippen LogP contribution in [0.2, 0.25) is 0 Å². The van der Waals surface area contributed by atoms with Crippen LogP contribution in [0, 0.1) is 6.92 Å². The maximum atomic E-state index is 13.5. The molecule has 0 radical (unpaired) electrons. The zero-order valence-corrected chi connectivity index (χ0v) is 17.3. The van der Waals surface area contributed by atoms with Gasteiger partial charge in [0, 0.05) is 18.8 Å². The van der Waals surface area contributed by atoms with Gasteiger partial charge in [-0.25, -0.2) is 9.67 Å². The topological polar surface area (TPSA) is 88.3 Å². The number of methoxy groups -OCH3 is 1. The molecule has 0 saturated heterocycles. The molecule has 3 heterocycles. The molecule has 11 heteroatoms. The molecule has 1 aliphatic rings. The van der Waals surface area contributed by atoms with E-state index in [1.54, 1.807) is 32.6 Å². The number of imidazole rings is 1. The number of ether oxygens (including phenoxy) is 3. The van der Waals surface area contributed by atoms with Gasteiger partial charge in [0.2, 0.25) is 5.95 Å². The number of aryl methyl sites for hydroxylation is 2. The van der Waals surface area contributed by atoms with E-state index in [0.717, 1.165) is 16.9 Å². The summed E-state index contributed by atoms with van der Waals surface area (Å²) in [6.07, 6.45) is -0.106. The first-order chi connectivity index (χ1) is 15.3. The Morgan fingerprint density at radius 2 is 2.00 bits per heavy atom. The third kappa shape index (κ3) is 3.47. The molecule has 1 N–H and O–H groups in total. The van der Waals surface area contributed by atoms with Crippen molar-refractivity contribution in [3.05, 3.63) is 54.6 Å². The third-order valence-corrected chi connectivity index (χ3v) is 4.87. The second-order valence-corrected chi connectivity index (χ2v) is 7.12.